The predicted octanol–water partition coefficient (Wildman–Crippen LogP) is 4.59. The van der Waals surface area contributed by atoms with Gasteiger partial charge < -0.3 is 38.1 Å². The maximum absolute atomic E-state index is 13.9. The van der Waals surface area contributed by atoms with Crippen molar-refractivity contribution in [1.82, 2.24) is 4.98 Å². The molecule has 0 amide bonds. The van der Waals surface area contributed by atoms with Crippen LogP contribution in [0, 0.1) is 0 Å². The minimum absolute atomic E-state index is 0.227. The Morgan fingerprint density at radius 1 is 0.722 bits per heavy atom. The lowest BCUT2D eigenvalue weighted by Gasteiger charge is -2.23. The summed E-state index contributed by atoms with van der Waals surface area (Å²) in [5.74, 6) is 1.65. The van der Waals surface area contributed by atoms with Crippen molar-refractivity contribution in [3.8, 4) is 28.7 Å². The standard InChI is InChI=1S/C27H29NO8/c1-30-23-17(36-14-15-10-8-7-9-11-15)13-12-16-20(23)28-21-18(22(16)29)24(31-2)26(33-4)25(32-3)19(21)27(34-5)35-6/h7-13,27H,14H2,1-6H3,(H,28,29). The number of aromatic nitrogens is 1. The van der Waals surface area contributed by atoms with Crippen molar-refractivity contribution in [2.45, 2.75) is 12.9 Å². The first-order valence-electron chi connectivity index (χ1n) is 11.1. The Balaban J connectivity index is 2.06. The average Bonchev–Trinajstić information content (AvgIpc) is 2.92. The largest absolute Gasteiger partial charge is 0.492 e. The molecule has 0 spiro atoms. The number of ether oxygens (including phenoxy) is 7. The van der Waals surface area contributed by atoms with Gasteiger partial charge in [0.15, 0.2) is 29.3 Å². The summed E-state index contributed by atoms with van der Waals surface area (Å²) in [4.78, 5) is 17.2. The van der Waals surface area contributed by atoms with E-state index in [1.54, 1.807) is 12.1 Å². The minimum Gasteiger partial charge on any atom is -0.492 e. The summed E-state index contributed by atoms with van der Waals surface area (Å²) in [5, 5.41) is 0.644. The molecule has 0 atom stereocenters. The highest BCUT2D eigenvalue weighted by atomic mass is 16.7. The SMILES string of the molecule is COc1c(OC)c(OC)c2c(=O)c3ccc(OCc4ccccc4)c(OC)c3[nH]c2c1C(OC)OC. The van der Waals surface area contributed by atoms with Crippen LogP contribution >= 0.6 is 0 Å². The molecule has 0 saturated heterocycles. The second kappa shape index (κ2) is 10.8. The number of benzene rings is 3. The molecule has 0 saturated carbocycles. The molecule has 1 heterocycles. The summed E-state index contributed by atoms with van der Waals surface area (Å²) in [6.45, 7) is 0.333. The smallest absolute Gasteiger partial charge is 0.204 e. The highest BCUT2D eigenvalue weighted by molar-refractivity contribution is 6.02. The third-order valence-electron chi connectivity index (χ3n) is 5.96. The van der Waals surface area contributed by atoms with E-state index < -0.39 is 6.29 Å². The van der Waals surface area contributed by atoms with Gasteiger partial charge in [-0.25, -0.2) is 0 Å². The number of nitrogens with one attached hydrogen (secondary N) is 1. The van der Waals surface area contributed by atoms with Crippen molar-refractivity contribution in [2.24, 2.45) is 0 Å². The molecule has 36 heavy (non-hydrogen) atoms. The number of H-pyrrole nitrogens is 1. The number of aromatic amines is 1. The molecular weight excluding hydrogens is 466 g/mol. The quantitative estimate of drug-likeness (QED) is 0.252. The summed E-state index contributed by atoms with van der Waals surface area (Å²) in [7, 11) is 8.93. The van der Waals surface area contributed by atoms with E-state index in [0.29, 0.717) is 45.8 Å². The molecular formula is C27H29NO8. The van der Waals surface area contributed by atoms with E-state index in [0.717, 1.165) is 5.56 Å². The lowest BCUT2D eigenvalue weighted by Crippen LogP contribution is -2.14. The van der Waals surface area contributed by atoms with Gasteiger partial charge in [0.25, 0.3) is 0 Å². The highest BCUT2D eigenvalue weighted by Crippen LogP contribution is 2.49. The molecule has 3 aromatic carbocycles. The molecule has 1 N–H and O–H groups in total. The summed E-state index contributed by atoms with van der Waals surface area (Å²) >= 11 is 0. The monoisotopic (exact) mass is 495 g/mol. The normalized spacial score (nSPS) is 11.2. The van der Waals surface area contributed by atoms with Crippen molar-refractivity contribution in [1.29, 1.82) is 0 Å². The molecule has 0 aliphatic carbocycles. The van der Waals surface area contributed by atoms with Gasteiger partial charge in [-0.15, -0.1) is 0 Å². The molecule has 190 valence electrons. The topological polar surface area (TPSA) is 97.5 Å². The van der Waals surface area contributed by atoms with Crippen LogP contribution in [0.4, 0.5) is 0 Å². The van der Waals surface area contributed by atoms with Crippen LogP contribution in [-0.4, -0.2) is 47.6 Å². The van der Waals surface area contributed by atoms with Crippen LogP contribution in [0.2, 0.25) is 0 Å². The summed E-state index contributed by atoms with van der Waals surface area (Å²) in [6, 6.07) is 13.2. The van der Waals surface area contributed by atoms with Crippen LogP contribution < -0.4 is 29.1 Å². The number of hydrogen-bond acceptors (Lipinski definition) is 8. The minimum atomic E-state index is -0.876. The zero-order chi connectivity index (χ0) is 25.8. The number of hydrogen-bond donors (Lipinski definition) is 1. The number of methoxy groups -OCH3 is 6. The molecule has 0 unspecified atom stereocenters. The average molecular weight is 496 g/mol. The molecule has 0 fully saturated rings. The highest BCUT2D eigenvalue weighted by Gasteiger charge is 2.30. The Kier molecular flexibility index (Phi) is 7.52. The van der Waals surface area contributed by atoms with Gasteiger partial charge in [-0.05, 0) is 17.7 Å². The number of pyridine rings is 1. The van der Waals surface area contributed by atoms with E-state index in [1.165, 1.54) is 42.7 Å². The van der Waals surface area contributed by atoms with Crippen LogP contribution in [0.15, 0.2) is 47.3 Å². The van der Waals surface area contributed by atoms with Gasteiger partial charge in [0.1, 0.15) is 6.61 Å². The van der Waals surface area contributed by atoms with E-state index >= 15 is 0 Å². The molecule has 0 radical (unpaired) electrons. The molecule has 0 bridgehead atoms. The van der Waals surface area contributed by atoms with Crippen molar-refractivity contribution < 1.29 is 33.2 Å². The third-order valence-corrected chi connectivity index (χ3v) is 5.96. The number of rotatable bonds is 10. The van der Waals surface area contributed by atoms with Gasteiger partial charge in [0.05, 0.1) is 55.8 Å². The van der Waals surface area contributed by atoms with Gasteiger partial charge in [0, 0.05) is 14.2 Å². The van der Waals surface area contributed by atoms with E-state index in [-0.39, 0.29) is 22.3 Å². The Hall–Kier alpha value is -3.95. The van der Waals surface area contributed by atoms with Gasteiger partial charge in [0.2, 0.25) is 11.2 Å². The van der Waals surface area contributed by atoms with Crippen molar-refractivity contribution >= 4 is 21.8 Å². The Morgan fingerprint density at radius 2 is 1.36 bits per heavy atom. The van der Waals surface area contributed by atoms with Crippen molar-refractivity contribution in [3.05, 3.63) is 63.8 Å². The maximum Gasteiger partial charge on any atom is 0.204 e. The van der Waals surface area contributed by atoms with Crippen LogP contribution in [-0.2, 0) is 16.1 Å². The predicted molar refractivity (Wildman–Crippen MR) is 136 cm³/mol. The van der Waals surface area contributed by atoms with E-state index in [2.05, 4.69) is 4.98 Å². The summed E-state index contributed by atoms with van der Waals surface area (Å²) in [5.41, 5.74) is 1.98. The molecule has 4 aromatic rings. The summed E-state index contributed by atoms with van der Waals surface area (Å²) in [6.07, 6.45) is -0.876. The molecule has 1 aromatic heterocycles. The third kappa shape index (κ3) is 4.16. The molecule has 0 aliphatic rings. The first-order valence-corrected chi connectivity index (χ1v) is 11.1. The Labute approximate surface area is 208 Å². The van der Waals surface area contributed by atoms with Crippen LogP contribution in [0.5, 0.6) is 28.7 Å². The van der Waals surface area contributed by atoms with Gasteiger partial charge >= 0.3 is 0 Å². The maximum atomic E-state index is 13.9. The molecule has 9 nitrogen and oxygen atoms in total. The molecule has 0 aliphatic heterocycles. The lowest BCUT2D eigenvalue weighted by atomic mass is 10.0. The van der Waals surface area contributed by atoms with Crippen molar-refractivity contribution in [3.63, 3.8) is 0 Å². The fourth-order valence-corrected chi connectivity index (χ4v) is 4.37. The second-order valence-electron chi connectivity index (χ2n) is 7.81. The van der Waals surface area contributed by atoms with Crippen LogP contribution in [0.1, 0.15) is 17.4 Å². The van der Waals surface area contributed by atoms with E-state index in [1.807, 2.05) is 30.3 Å². The Morgan fingerprint density at radius 3 is 1.94 bits per heavy atom. The van der Waals surface area contributed by atoms with E-state index in [9.17, 15) is 4.79 Å². The first-order chi connectivity index (χ1) is 17.5. The zero-order valence-electron chi connectivity index (χ0n) is 21.1. The van der Waals surface area contributed by atoms with Gasteiger partial charge in [-0.1, -0.05) is 30.3 Å². The molecule has 4 rings (SSSR count). The van der Waals surface area contributed by atoms with Gasteiger partial charge in [-0.3, -0.25) is 4.79 Å². The second-order valence-corrected chi connectivity index (χ2v) is 7.81. The van der Waals surface area contributed by atoms with Gasteiger partial charge in [-0.2, -0.15) is 0 Å². The lowest BCUT2D eigenvalue weighted by molar-refractivity contribution is -0.106. The fraction of sp³-hybridized carbons (Fsp3) is 0.296. The first kappa shape index (κ1) is 25.2. The van der Waals surface area contributed by atoms with Crippen LogP contribution in [0.3, 0.4) is 0 Å². The van der Waals surface area contributed by atoms with Crippen molar-refractivity contribution in [2.75, 3.05) is 42.7 Å². The van der Waals surface area contributed by atoms with Crippen LogP contribution in [0.25, 0.3) is 21.8 Å². The summed E-state index contributed by atoms with van der Waals surface area (Å²) < 4.78 is 39.8. The number of fused-ring (bicyclic) bond motifs is 2. The zero-order valence-corrected chi connectivity index (χ0v) is 21.1. The fourth-order valence-electron chi connectivity index (χ4n) is 4.37. The Bertz CT molecular complexity index is 1430. The molecule has 9 heteroatoms. The van der Waals surface area contributed by atoms with E-state index in [4.69, 9.17) is 33.2 Å².